The zero-order chi connectivity index (χ0) is 12.3. The predicted molar refractivity (Wildman–Crippen MR) is 68.6 cm³/mol. The lowest BCUT2D eigenvalue weighted by atomic mass is 10.3. The summed E-state index contributed by atoms with van der Waals surface area (Å²) in [6, 6.07) is 1.51. The molecule has 0 unspecified atom stereocenters. The average Bonchev–Trinajstić information content (AvgIpc) is 2.71. The fourth-order valence-electron chi connectivity index (χ4n) is 1.34. The summed E-state index contributed by atoms with van der Waals surface area (Å²) >= 11 is 2.04. The molecule has 0 saturated heterocycles. The smallest absolute Gasteiger partial charge is 0.268 e. The van der Waals surface area contributed by atoms with E-state index in [0.29, 0.717) is 11.7 Å². The summed E-state index contributed by atoms with van der Waals surface area (Å²) in [4.78, 5) is 15.8. The molecule has 17 heavy (non-hydrogen) atoms. The van der Waals surface area contributed by atoms with Crippen molar-refractivity contribution in [2.45, 2.75) is 26.3 Å². The van der Waals surface area contributed by atoms with E-state index in [9.17, 15) is 4.79 Å². The lowest BCUT2D eigenvalue weighted by Gasteiger charge is -1.99. The second-order valence-electron chi connectivity index (χ2n) is 3.52. The van der Waals surface area contributed by atoms with Crippen molar-refractivity contribution in [1.29, 1.82) is 0 Å². The van der Waals surface area contributed by atoms with Crippen LogP contribution in [0.25, 0.3) is 0 Å². The first-order valence-corrected chi connectivity index (χ1v) is 6.31. The number of hydrogen-bond donors (Lipinski definition) is 0. The second-order valence-corrected chi connectivity index (χ2v) is 4.77. The number of nitrogens with zero attached hydrogens (tertiary/aromatic N) is 4. The molecule has 7 heteroatoms. The molecule has 0 N–H and O–H groups in total. The Kier molecular flexibility index (Phi) is 3.87. The van der Waals surface area contributed by atoms with Gasteiger partial charge in [-0.3, -0.25) is 4.79 Å². The molecule has 0 aliphatic carbocycles. The molecule has 0 aromatic carbocycles. The van der Waals surface area contributed by atoms with Crippen LogP contribution in [0.1, 0.15) is 25.1 Å². The molecule has 0 amide bonds. The van der Waals surface area contributed by atoms with Crippen molar-refractivity contribution in [3.8, 4) is 0 Å². The molecule has 2 aromatic rings. The number of hydrogen-bond acceptors (Lipinski definition) is 5. The van der Waals surface area contributed by atoms with Gasteiger partial charge in [0.2, 0.25) is 5.89 Å². The SMILES string of the molecule is CCCc1noc(Cn2ncc(I)cc2=O)n1. The van der Waals surface area contributed by atoms with Crippen LogP contribution in [0.15, 0.2) is 21.6 Å². The first-order valence-electron chi connectivity index (χ1n) is 5.23. The Hall–Kier alpha value is -1.25. The minimum Gasteiger partial charge on any atom is -0.337 e. The van der Waals surface area contributed by atoms with Gasteiger partial charge < -0.3 is 4.52 Å². The maximum absolute atomic E-state index is 11.6. The summed E-state index contributed by atoms with van der Waals surface area (Å²) in [6.45, 7) is 2.26. The summed E-state index contributed by atoms with van der Waals surface area (Å²) in [5.41, 5.74) is -0.174. The number of aryl methyl sites for hydroxylation is 1. The van der Waals surface area contributed by atoms with Crippen LogP contribution in [0.2, 0.25) is 0 Å². The normalized spacial score (nSPS) is 10.7. The van der Waals surface area contributed by atoms with Gasteiger partial charge in [-0.15, -0.1) is 0 Å². The fraction of sp³-hybridized carbons (Fsp3) is 0.400. The Bertz CT molecular complexity index is 563. The Morgan fingerprint density at radius 1 is 1.53 bits per heavy atom. The standard InChI is InChI=1S/C10H11IN4O2/c1-2-3-8-13-9(17-14-8)6-15-10(16)4-7(11)5-12-15/h4-5H,2-3,6H2,1H3. The van der Waals surface area contributed by atoms with Crippen LogP contribution >= 0.6 is 22.6 Å². The highest BCUT2D eigenvalue weighted by atomic mass is 127. The van der Waals surface area contributed by atoms with E-state index >= 15 is 0 Å². The highest BCUT2D eigenvalue weighted by Gasteiger charge is 2.07. The van der Waals surface area contributed by atoms with Crippen LogP contribution in [-0.2, 0) is 13.0 Å². The van der Waals surface area contributed by atoms with E-state index in [1.807, 2.05) is 29.5 Å². The Balaban J connectivity index is 2.16. The van der Waals surface area contributed by atoms with E-state index in [-0.39, 0.29) is 12.1 Å². The molecule has 2 aromatic heterocycles. The highest BCUT2D eigenvalue weighted by molar-refractivity contribution is 14.1. The quantitative estimate of drug-likeness (QED) is 0.779. The summed E-state index contributed by atoms with van der Waals surface area (Å²) in [5.74, 6) is 1.07. The van der Waals surface area contributed by atoms with Gasteiger partial charge in [-0.2, -0.15) is 10.1 Å². The van der Waals surface area contributed by atoms with Crippen LogP contribution in [0, 0.1) is 3.57 Å². The lowest BCUT2D eigenvalue weighted by molar-refractivity contribution is 0.358. The second kappa shape index (κ2) is 5.39. The van der Waals surface area contributed by atoms with Gasteiger partial charge in [-0.05, 0) is 29.0 Å². The van der Waals surface area contributed by atoms with Crippen molar-refractivity contribution >= 4 is 22.6 Å². The van der Waals surface area contributed by atoms with E-state index in [4.69, 9.17) is 4.52 Å². The Morgan fingerprint density at radius 3 is 3.06 bits per heavy atom. The molecule has 0 bridgehead atoms. The minimum atomic E-state index is -0.174. The van der Waals surface area contributed by atoms with Crippen LogP contribution in [0.3, 0.4) is 0 Å². The van der Waals surface area contributed by atoms with E-state index in [1.165, 1.54) is 10.7 Å². The third-order valence-corrected chi connectivity index (χ3v) is 2.69. The molecule has 0 atom stereocenters. The topological polar surface area (TPSA) is 73.8 Å². The molecule has 2 heterocycles. The van der Waals surface area contributed by atoms with Gasteiger partial charge in [0, 0.05) is 16.1 Å². The van der Waals surface area contributed by atoms with Gasteiger partial charge in [0.25, 0.3) is 5.56 Å². The molecular weight excluding hydrogens is 335 g/mol. The molecule has 0 fully saturated rings. The van der Waals surface area contributed by atoms with Crippen molar-refractivity contribution in [1.82, 2.24) is 19.9 Å². The van der Waals surface area contributed by atoms with E-state index in [2.05, 4.69) is 15.2 Å². The van der Waals surface area contributed by atoms with Gasteiger partial charge >= 0.3 is 0 Å². The third kappa shape index (κ3) is 3.11. The van der Waals surface area contributed by atoms with Crippen molar-refractivity contribution in [2.24, 2.45) is 0 Å². The highest BCUT2D eigenvalue weighted by Crippen LogP contribution is 2.02. The molecule has 0 spiro atoms. The zero-order valence-corrected chi connectivity index (χ0v) is 11.4. The third-order valence-electron chi connectivity index (χ3n) is 2.10. The molecule has 90 valence electrons. The van der Waals surface area contributed by atoms with E-state index in [1.54, 1.807) is 6.20 Å². The minimum absolute atomic E-state index is 0.174. The molecule has 2 rings (SSSR count). The van der Waals surface area contributed by atoms with Crippen LogP contribution < -0.4 is 5.56 Å². The molecule has 6 nitrogen and oxygen atoms in total. The summed E-state index contributed by atoms with van der Waals surface area (Å²) in [5, 5.41) is 7.82. The molecule has 0 aliphatic rings. The van der Waals surface area contributed by atoms with Crippen molar-refractivity contribution in [3.63, 3.8) is 0 Å². The molecule has 0 radical (unpaired) electrons. The lowest BCUT2D eigenvalue weighted by Crippen LogP contribution is -2.22. The monoisotopic (exact) mass is 346 g/mol. The zero-order valence-electron chi connectivity index (χ0n) is 9.26. The van der Waals surface area contributed by atoms with E-state index < -0.39 is 0 Å². The van der Waals surface area contributed by atoms with Gasteiger partial charge in [0.15, 0.2) is 5.82 Å². The van der Waals surface area contributed by atoms with Gasteiger partial charge in [0.1, 0.15) is 6.54 Å². The van der Waals surface area contributed by atoms with Gasteiger partial charge in [-0.1, -0.05) is 12.1 Å². The predicted octanol–water partition coefficient (Wildman–Crippen LogP) is 1.23. The first-order chi connectivity index (χ1) is 8.19. The maximum Gasteiger partial charge on any atom is 0.268 e. The summed E-state index contributed by atoms with van der Waals surface area (Å²) in [7, 11) is 0. The van der Waals surface area contributed by atoms with Crippen LogP contribution in [0.5, 0.6) is 0 Å². The van der Waals surface area contributed by atoms with Crippen LogP contribution in [-0.4, -0.2) is 19.9 Å². The first kappa shape index (κ1) is 12.2. The van der Waals surface area contributed by atoms with Crippen molar-refractivity contribution in [2.75, 3.05) is 0 Å². The molecule has 0 saturated carbocycles. The van der Waals surface area contributed by atoms with E-state index in [0.717, 1.165) is 16.4 Å². The number of aromatic nitrogens is 4. The molecule has 0 aliphatic heterocycles. The Labute approximate surface area is 111 Å². The van der Waals surface area contributed by atoms with Gasteiger partial charge in [-0.25, -0.2) is 4.68 Å². The number of rotatable bonds is 4. The Morgan fingerprint density at radius 2 is 2.35 bits per heavy atom. The summed E-state index contributed by atoms with van der Waals surface area (Å²) < 4.78 is 7.15. The molecular formula is C10H11IN4O2. The largest absolute Gasteiger partial charge is 0.337 e. The average molecular weight is 346 g/mol. The van der Waals surface area contributed by atoms with Crippen LogP contribution in [0.4, 0.5) is 0 Å². The van der Waals surface area contributed by atoms with Crippen molar-refractivity contribution < 1.29 is 4.52 Å². The maximum atomic E-state index is 11.6. The van der Waals surface area contributed by atoms with Crippen molar-refractivity contribution in [3.05, 3.63) is 37.9 Å². The van der Waals surface area contributed by atoms with Gasteiger partial charge in [0.05, 0.1) is 6.20 Å². The summed E-state index contributed by atoms with van der Waals surface area (Å²) in [6.07, 6.45) is 3.35. The fourth-order valence-corrected chi connectivity index (χ4v) is 1.73. The number of halogens is 1.